The van der Waals surface area contributed by atoms with E-state index in [1.165, 1.54) is 0 Å². The van der Waals surface area contributed by atoms with Crippen molar-refractivity contribution in [3.8, 4) is 23.0 Å². The van der Waals surface area contributed by atoms with E-state index in [1.807, 2.05) is 36.7 Å². The van der Waals surface area contributed by atoms with Gasteiger partial charge in [0.05, 0.1) is 28.4 Å². The highest BCUT2D eigenvalue weighted by molar-refractivity contribution is 5.86. The summed E-state index contributed by atoms with van der Waals surface area (Å²) in [6, 6.07) is 9.93. The minimum atomic E-state index is 0. The second kappa shape index (κ2) is 8.63. The van der Waals surface area contributed by atoms with Crippen molar-refractivity contribution in [3.05, 3.63) is 53.9 Å². The number of halogens is 1. The Labute approximate surface area is 159 Å². The minimum absolute atomic E-state index is 0. The third-order valence-electron chi connectivity index (χ3n) is 4.17. The number of fused-ring (bicyclic) bond motifs is 1. The van der Waals surface area contributed by atoms with Gasteiger partial charge in [-0.2, -0.15) is 0 Å². The number of benzene rings is 2. The van der Waals surface area contributed by atoms with Gasteiger partial charge in [-0.15, -0.1) is 12.4 Å². The van der Waals surface area contributed by atoms with E-state index in [0.29, 0.717) is 23.7 Å². The van der Waals surface area contributed by atoms with Crippen LogP contribution < -0.4 is 18.9 Å². The Bertz CT molecular complexity index is 873. The zero-order chi connectivity index (χ0) is 17.8. The topological polar surface area (TPSA) is 49.8 Å². The molecule has 6 heteroatoms. The second-order valence-corrected chi connectivity index (χ2v) is 5.60. The van der Waals surface area contributed by atoms with Crippen LogP contribution in [0.15, 0.2) is 42.7 Å². The van der Waals surface area contributed by atoms with Crippen LogP contribution in [0.1, 0.15) is 11.1 Å². The van der Waals surface area contributed by atoms with Crippen LogP contribution in [0.3, 0.4) is 0 Å². The van der Waals surface area contributed by atoms with Crippen LogP contribution in [0.2, 0.25) is 0 Å². The molecule has 5 nitrogen and oxygen atoms in total. The zero-order valence-corrected chi connectivity index (χ0v) is 16.1. The number of hydrogen-bond acceptors (Lipinski definition) is 5. The molecule has 26 heavy (non-hydrogen) atoms. The maximum atomic E-state index is 5.44. The summed E-state index contributed by atoms with van der Waals surface area (Å²) in [5, 5.41) is 2.19. The quantitative estimate of drug-likeness (QED) is 0.643. The Morgan fingerprint density at radius 1 is 0.808 bits per heavy atom. The van der Waals surface area contributed by atoms with E-state index in [4.69, 9.17) is 18.9 Å². The molecule has 0 unspecified atom stereocenters. The summed E-state index contributed by atoms with van der Waals surface area (Å²) in [6.07, 6.45) is 4.43. The highest BCUT2D eigenvalue weighted by atomic mass is 35.5. The van der Waals surface area contributed by atoms with Gasteiger partial charge in [-0.3, -0.25) is 4.98 Å². The first-order valence-corrected chi connectivity index (χ1v) is 7.89. The molecule has 0 atom stereocenters. The van der Waals surface area contributed by atoms with Crippen LogP contribution in [0, 0.1) is 0 Å². The van der Waals surface area contributed by atoms with Crippen molar-refractivity contribution < 1.29 is 18.9 Å². The normalized spacial score (nSPS) is 10.2. The summed E-state index contributed by atoms with van der Waals surface area (Å²) in [6.45, 7) is 0. The third kappa shape index (κ3) is 3.78. The van der Waals surface area contributed by atoms with Crippen molar-refractivity contribution in [3.63, 3.8) is 0 Å². The predicted octanol–water partition coefficient (Wildman–Crippen LogP) is 4.28. The van der Waals surface area contributed by atoms with Crippen LogP contribution in [0.5, 0.6) is 23.0 Å². The predicted molar refractivity (Wildman–Crippen MR) is 104 cm³/mol. The number of aromatic nitrogens is 1. The molecule has 0 aliphatic heterocycles. The van der Waals surface area contributed by atoms with Crippen molar-refractivity contribution in [2.45, 2.75) is 6.42 Å². The van der Waals surface area contributed by atoms with Gasteiger partial charge in [0.2, 0.25) is 5.75 Å². The standard InChI is InChI=1S/C20H21NO4.ClH/c1-22-16-5-6-17-14(11-21-12-15(17)10-16)7-13-8-18(23-2)20(25-4)19(9-13)24-3;/h5-6,8-12H,7H2,1-4H3;1H. The number of methoxy groups -OCH3 is 4. The first-order chi connectivity index (χ1) is 12.2. The summed E-state index contributed by atoms with van der Waals surface area (Å²) in [4.78, 5) is 4.36. The maximum Gasteiger partial charge on any atom is 0.203 e. The molecule has 3 rings (SSSR count). The minimum Gasteiger partial charge on any atom is -0.497 e. The molecule has 3 aromatic rings. The Kier molecular flexibility index (Phi) is 6.52. The molecule has 0 spiro atoms. The number of hydrogen-bond donors (Lipinski definition) is 0. The summed E-state index contributed by atoms with van der Waals surface area (Å²) < 4.78 is 21.6. The van der Waals surface area contributed by atoms with Gasteiger partial charge in [0.1, 0.15) is 5.75 Å². The van der Waals surface area contributed by atoms with E-state index in [1.54, 1.807) is 28.4 Å². The van der Waals surface area contributed by atoms with Crippen LogP contribution in [0.4, 0.5) is 0 Å². The molecule has 1 aromatic heterocycles. The fourth-order valence-corrected chi connectivity index (χ4v) is 2.94. The SMILES string of the molecule is COc1ccc2c(Cc3cc(OC)c(OC)c(OC)c3)cncc2c1.Cl. The molecule has 0 bridgehead atoms. The Morgan fingerprint density at radius 2 is 1.50 bits per heavy atom. The van der Waals surface area contributed by atoms with Crippen LogP contribution in [-0.4, -0.2) is 33.4 Å². The van der Waals surface area contributed by atoms with E-state index in [0.717, 1.165) is 27.6 Å². The number of ether oxygens (including phenoxy) is 4. The van der Waals surface area contributed by atoms with Gasteiger partial charge >= 0.3 is 0 Å². The average Bonchev–Trinajstić information content (AvgIpc) is 2.66. The van der Waals surface area contributed by atoms with Gasteiger partial charge in [0.25, 0.3) is 0 Å². The molecule has 0 aliphatic carbocycles. The third-order valence-corrected chi connectivity index (χ3v) is 4.17. The molecule has 0 saturated heterocycles. The first-order valence-electron chi connectivity index (χ1n) is 7.89. The van der Waals surface area contributed by atoms with E-state index in [9.17, 15) is 0 Å². The highest BCUT2D eigenvalue weighted by Gasteiger charge is 2.14. The molecule has 0 amide bonds. The van der Waals surface area contributed by atoms with Gasteiger partial charge in [-0.25, -0.2) is 0 Å². The summed E-state index contributed by atoms with van der Waals surface area (Å²) in [7, 11) is 6.50. The maximum absolute atomic E-state index is 5.44. The van der Waals surface area contributed by atoms with Gasteiger partial charge in [-0.05, 0) is 47.2 Å². The summed E-state index contributed by atoms with van der Waals surface area (Å²) in [5.41, 5.74) is 2.18. The van der Waals surface area contributed by atoms with Crippen molar-refractivity contribution in [1.29, 1.82) is 0 Å². The van der Waals surface area contributed by atoms with Gasteiger partial charge in [-0.1, -0.05) is 6.07 Å². The molecule has 0 N–H and O–H groups in total. The number of rotatable bonds is 6. The first kappa shape index (κ1) is 19.7. The molecule has 0 saturated carbocycles. The van der Waals surface area contributed by atoms with E-state index in [-0.39, 0.29) is 12.4 Å². The van der Waals surface area contributed by atoms with Crippen LogP contribution in [-0.2, 0) is 6.42 Å². The van der Waals surface area contributed by atoms with Crippen LogP contribution >= 0.6 is 12.4 Å². The lowest BCUT2D eigenvalue weighted by Crippen LogP contribution is -1.98. The van der Waals surface area contributed by atoms with Gasteiger partial charge < -0.3 is 18.9 Å². The monoisotopic (exact) mass is 375 g/mol. The lowest BCUT2D eigenvalue weighted by molar-refractivity contribution is 0.324. The molecule has 0 aliphatic rings. The fraction of sp³-hybridized carbons (Fsp3) is 0.250. The number of nitrogens with zero attached hydrogens (tertiary/aromatic N) is 1. The molecule has 0 radical (unpaired) electrons. The summed E-state index contributed by atoms with van der Waals surface area (Å²) >= 11 is 0. The molecule has 138 valence electrons. The van der Waals surface area contributed by atoms with E-state index in [2.05, 4.69) is 11.1 Å². The zero-order valence-electron chi connectivity index (χ0n) is 15.2. The van der Waals surface area contributed by atoms with Crippen molar-refractivity contribution in [2.75, 3.05) is 28.4 Å². The highest BCUT2D eigenvalue weighted by Crippen LogP contribution is 2.39. The lowest BCUT2D eigenvalue weighted by atomic mass is 10.00. The Morgan fingerprint density at radius 3 is 2.08 bits per heavy atom. The molecule has 0 fully saturated rings. The Balaban J connectivity index is 0.00000243. The van der Waals surface area contributed by atoms with Crippen molar-refractivity contribution >= 4 is 23.2 Å². The second-order valence-electron chi connectivity index (χ2n) is 5.60. The smallest absolute Gasteiger partial charge is 0.203 e. The van der Waals surface area contributed by atoms with Crippen LogP contribution in [0.25, 0.3) is 10.8 Å². The lowest BCUT2D eigenvalue weighted by Gasteiger charge is -2.14. The van der Waals surface area contributed by atoms with E-state index < -0.39 is 0 Å². The fourth-order valence-electron chi connectivity index (χ4n) is 2.94. The van der Waals surface area contributed by atoms with Gasteiger partial charge in [0, 0.05) is 17.8 Å². The molecule has 2 aromatic carbocycles. The molecular weight excluding hydrogens is 354 g/mol. The molecule has 1 heterocycles. The largest absolute Gasteiger partial charge is 0.497 e. The van der Waals surface area contributed by atoms with E-state index >= 15 is 0 Å². The van der Waals surface area contributed by atoms with Crippen molar-refractivity contribution in [1.82, 2.24) is 4.98 Å². The number of pyridine rings is 1. The van der Waals surface area contributed by atoms with Crippen molar-refractivity contribution in [2.24, 2.45) is 0 Å². The average molecular weight is 376 g/mol. The van der Waals surface area contributed by atoms with Gasteiger partial charge in [0.15, 0.2) is 11.5 Å². The molecular formula is C20H22ClNO4. The Hall–Kier alpha value is -2.66. The summed E-state index contributed by atoms with van der Waals surface area (Å²) in [5.74, 6) is 2.70.